The number of rotatable bonds is 9. The number of ketones is 1. The van der Waals surface area contributed by atoms with Crippen LogP contribution in [0.5, 0.6) is 11.5 Å². The van der Waals surface area contributed by atoms with Crippen molar-refractivity contribution in [3.63, 3.8) is 0 Å². The number of amides is 1. The first-order chi connectivity index (χ1) is 14.4. The van der Waals surface area contributed by atoms with Crippen molar-refractivity contribution in [2.24, 2.45) is 0 Å². The van der Waals surface area contributed by atoms with Gasteiger partial charge < -0.3 is 24.4 Å². The van der Waals surface area contributed by atoms with Gasteiger partial charge >= 0.3 is 0 Å². The van der Waals surface area contributed by atoms with Crippen LogP contribution in [0.4, 0.5) is 0 Å². The molecule has 8 heteroatoms. The lowest BCUT2D eigenvalue weighted by Gasteiger charge is -2.28. The number of hydrogen-bond acceptors (Lipinski definition) is 7. The molecule has 2 heterocycles. The fourth-order valence-electron chi connectivity index (χ4n) is 3.58. The first kappa shape index (κ1) is 21.9. The third-order valence-corrected chi connectivity index (χ3v) is 5.90. The van der Waals surface area contributed by atoms with Crippen molar-refractivity contribution in [1.29, 1.82) is 0 Å². The summed E-state index contributed by atoms with van der Waals surface area (Å²) in [5, 5.41) is 12.5. The van der Waals surface area contributed by atoms with E-state index in [9.17, 15) is 14.7 Å². The summed E-state index contributed by atoms with van der Waals surface area (Å²) < 4.78 is 10.8. The predicted molar refractivity (Wildman–Crippen MR) is 115 cm³/mol. The second-order valence-corrected chi connectivity index (χ2v) is 8.18. The van der Waals surface area contributed by atoms with Crippen LogP contribution in [0.1, 0.15) is 27.7 Å². The number of ether oxygens (including phenoxy) is 2. The molecule has 7 nitrogen and oxygen atoms in total. The van der Waals surface area contributed by atoms with Crippen LogP contribution in [0.25, 0.3) is 0 Å². The smallest absolute Gasteiger partial charge is 0.290 e. The molecule has 1 aromatic carbocycles. The molecule has 1 N–H and O–H groups in total. The largest absolute Gasteiger partial charge is 0.503 e. The fourth-order valence-corrected chi connectivity index (χ4v) is 4.26. The maximum atomic E-state index is 13.2. The van der Waals surface area contributed by atoms with Gasteiger partial charge in [-0.25, -0.2) is 0 Å². The zero-order valence-corrected chi connectivity index (χ0v) is 18.4. The molecule has 2 aromatic rings. The van der Waals surface area contributed by atoms with Gasteiger partial charge in [0.25, 0.3) is 5.91 Å². The minimum atomic E-state index is -0.741. The Kier molecular flexibility index (Phi) is 6.79. The van der Waals surface area contributed by atoms with Gasteiger partial charge in [-0.05, 0) is 50.6 Å². The lowest BCUT2D eigenvalue weighted by Crippen LogP contribution is -2.33. The summed E-state index contributed by atoms with van der Waals surface area (Å²) in [4.78, 5) is 30.2. The molecular formula is C22H26N2O5S. The highest BCUT2D eigenvalue weighted by Gasteiger charge is 2.44. The van der Waals surface area contributed by atoms with Crippen molar-refractivity contribution >= 4 is 23.0 Å². The number of methoxy groups -OCH3 is 2. The number of benzene rings is 1. The summed E-state index contributed by atoms with van der Waals surface area (Å²) in [6.07, 6.45) is 0.696. The zero-order valence-electron chi connectivity index (χ0n) is 17.5. The summed E-state index contributed by atoms with van der Waals surface area (Å²) in [5.41, 5.74) is 0.705. The molecule has 0 aliphatic carbocycles. The Balaban J connectivity index is 2.08. The van der Waals surface area contributed by atoms with Gasteiger partial charge in [-0.15, -0.1) is 11.3 Å². The van der Waals surface area contributed by atoms with Gasteiger partial charge in [-0.1, -0.05) is 6.07 Å². The van der Waals surface area contributed by atoms with Crippen LogP contribution >= 0.6 is 11.3 Å². The van der Waals surface area contributed by atoms with E-state index in [1.807, 2.05) is 19.0 Å². The lowest BCUT2D eigenvalue weighted by molar-refractivity contribution is -0.129. The van der Waals surface area contributed by atoms with E-state index in [2.05, 4.69) is 0 Å². The lowest BCUT2D eigenvalue weighted by atomic mass is 9.94. The van der Waals surface area contributed by atoms with Gasteiger partial charge in [0.2, 0.25) is 5.78 Å². The van der Waals surface area contributed by atoms with Crippen molar-refractivity contribution in [3.8, 4) is 11.5 Å². The van der Waals surface area contributed by atoms with Gasteiger partial charge in [0.1, 0.15) is 11.5 Å². The van der Waals surface area contributed by atoms with E-state index in [1.54, 1.807) is 47.7 Å². The number of aliphatic hydroxyl groups is 1. The Morgan fingerprint density at radius 2 is 2.00 bits per heavy atom. The van der Waals surface area contributed by atoms with Crippen LogP contribution < -0.4 is 9.47 Å². The van der Waals surface area contributed by atoms with Crippen LogP contribution in [0.2, 0.25) is 0 Å². The summed E-state index contributed by atoms with van der Waals surface area (Å²) in [6, 6.07) is 7.95. The molecule has 1 unspecified atom stereocenters. The van der Waals surface area contributed by atoms with Crippen LogP contribution in [0.3, 0.4) is 0 Å². The Morgan fingerprint density at radius 1 is 1.23 bits per heavy atom. The number of Topliss-reactive ketones (excluding diaryl/α,β-unsaturated/α-hetero) is 1. The Labute approximate surface area is 180 Å². The van der Waals surface area contributed by atoms with Crippen molar-refractivity contribution in [2.45, 2.75) is 12.5 Å². The first-order valence-electron chi connectivity index (χ1n) is 9.58. The van der Waals surface area contributed by atoms with Crippen LogP contribution in [-0.2, 0) is 4.79 Å². The van der Waals surface area contributed by atoms with E-state index in [1.165, 1.54) is 18.4 Å². The Hall–Kier alpha value is -2.84. The molecule has 1 aliphatic heterocycles. The predicted octanol–water partition coefficient (Wildman–Crippen LogP) is 3.30. The molecular weight excluding hydrogens is 404 g/mol. The van der Waals surface area contributed by atoms with Crippen LogP contribution in [-0.4, -0.2) is 68.0 Å². The molecule has 30 heavy (non-hydrogen) atoms. The van der Waals surface area contributed by atoms with E-state index < -0.39 is 17.7 Å². The number of aliphatic hydroxyl groups excluding tert-OH is 1. The highest BCUT2D eigenvalue weighted by Crippen LogP contribution is 2.43. The summed E-state index contributed by atoms with van der Waals surface area (Å²) in [6.45, 7) is 1.16. The van der Waals surface area contributed by atoms with E-state index in [-0.39, 0.29) is 11.4 Å². The van der Waals surface area contributed by atoms with Crippen molar-refractivity contribution in [1.82, 2.24) is 9.80 Å². The Morgan fingerprint density at radius 3 is 2.60 bits per heavy atom. The quantitative estimate of drug-likeness (QED) is 0.615. The molecule has 160 valence electrons. The molecule has 0 spiro atoms. The van der Waals surface area contributed by atoms with Crippen molar-refractivity contribution < 1.29 is 24.2 Å². The molecule has 0 fully saturated rings. The minimum Gasteiger partial charge on any atom is -0.503 e. The molecule has 0 bridgehead atoms. The third kappa shape index (κ3) is 4.20. The monoisotopic (exact) mass is 430 g/mol. The SMILES string of the molecule is COc1ccc(C2C(C(=O)c3cccs3)=C(O)C(=O)N2CCCN(C)C)c(OC)c1. The van der Waals surface area contributed by atoms with Gasteiger partial charge in [0.15, 0.2) is 5.76 Å². The van der Waals surface area contributed by atoms with Gasteiger partial charge in [0.05, 0.1) is 30.7 Å². The average molecular weight is 431 g/mol. The summed E-state index contributed by atoms with van der Waals surface area (Å²) in [7, 11) is 6.99. The van der Waals surface area contributed by atoms with Crippen molar-refractivity contribution in [2.75, 3.05) is 41.4 Å². The number of nitrogens with zero attached hydrogens (tertiary/aromatic N) is 2. The molecule has 0 saturated heterocycles. The van der Waals surface area contributed by atoms with Crippen LogP contribution in [0.15, 0.2) is 47.0 Å². The average Bonchev–Trinajstić information content (AvgIpc) is 3.35. The molecule has 1 aromatic heterocycles. The summed E-state index contributed by atoms with van der Waals surface area (Å²) in [5.74, 6) is -0.319. The maximum Gasteiger partial charge on any atom is 0.290 e. The summed E-state index contributed by atoms with van der Waals surface area (Å²) >= 11 is 1.27. The maximum absolute atomic E-state index is 13.2. The highest BCUT2D eigenvalue weighted by atomic mass is 32.1. The third-order valence-electron chi connectivity index (χ3n) is 5.03. The molecule has 0 saturated carbocycles. The zero-order chi connectivity index (χ0) is 21.8. The second kappa shape index (κ2) is 9.32. The van der Waals surface area contributed by atoms with E-state index in [0.717, 1.165) is 6.54 Å². The molecule has 1 aliphatic rings. The number of carbonyl (C=O) groups excluding carboxylic acids is 2. The van der Waals surface area contributed by atoms with Gasteiger partial charge in [-0.3, -0.25) is 9.59 Å². The normalized spacial score (nSPS) is 16.5. The van der Waals surface area contributed by atoms with Crippen LogP contribution in [0, 0.1) is 0 Å². The second-order valence-electron chi connectivity index (χ2n) is 7.23. The van der Waals surface area contributed by atoms with E-state index in [4.69, 9.17) is 9.47 Å². The standard InChI is InChI=1S/C22H26N2O5S/c1-23(2)10-6-11-24-19(15-9-8-14(28-3)13-16(15)29-4)18(21(26)22(24)27)20(25)17-7-5-12-30-17/h5,7-9,12-13,19,26H,6,10-11H2,1-4H3. The molecule has 1 atom stereocenters. The first-order valence-corrected chi connectivity index (χ1v) is 10.5. The minimum absolute atomic E-state index is 0.0794. The molecule has 3 rings (SSSR count). The highest BCUT2D eigenvalue weighted by molar-refractivity contribution is 7.12. The van der Waals surface area contributed by atoms with E-state index in [0.29, 0.717) is 34.9 Å². The Bertz CT molecular complexity index is 952. The van der Waals surface area contributed by atoms with Gasteiger partial charge in [0, 0.05) is 18.2 Å². The number of hydrogen-bond donors (Lipinski definition) is 1. The number of carbonyl (C=O) groups is 2. The van der Waals surface area contributed by atoms with E-state index >= 15 is 0 Å². The molecule has 0 radical (unpaired) electrons. The number of thiophene rings is 1. The fraction of sp³-hybridized carbons (Fsp3) is 0.364. The van der Waals surface area contributed by atoms with Crippen molar-refractivity contribution in [3.05, 3.63) is 57.5 Å². The molecule has 1 amide bonds. The topological polar surface area (TPSA) is 79.3 Å². The van der Waals surface area contributed by atoms with Gasteiger partial charge in [-0.2, -0.15) is 0 Å².